The van der Waals surface area contributed by atoms with Crippen molar-refractivity contribution in [2.75, 3.05) is 10.6 Å². The molecule has 4 nitrogen and oxygen atoms in total. The standard InChI is InChI=1S/C16H16BrN3O/c1-10-8-12(4-6-14(10)17)19-13-5-7-15(18-9-13)20-16(21)11-2-3-11/h4-9,11,19H,2-3H2,1H3,(H,18,20,21). The lowest BCUT2D eigenvalue weighted by atomic mass is 10.2. The SMILES string of the molecule is Cc1cc(Nc2ccc(NC(=O)C3CC3)nc2)ccc1Br. The molecule has 1 aliphatic carbocycles. The Kier molecular flexibility index (Phi) is 3.92. The van der Waals surface area contributed by atoms with Gasteiger partial charge in [0.05, 0.1) is 11.9 Å². The van der Waals surface area contributed by atoms with Crippen molar-refractivity contribution >= 4 is 39.0 Å². The van der Waals surface area contributed by atoms with Crippen LogP contribution >= 0.6 is 15.9 Å². The fourth-order valence-corrected chi connectivity index (χ4v) is 2.25. The Labute approximate surface area is 132 Å². The predicted octanol–water partition coefficient (Wildman–Crippen LogP) is 4.24. The molecule has 108 valence electrons. The maximum absolute atomic E-state index is 11.6. The molecule has 1 heterocycles. The first-order chi connectivity index (χ1) is 10.1. The molecule has 0 spiro atoms. The third-order valence-electron chi connectivity index (χ3n) is 3.41. The number of carbonyl (C=O) groups excluding carboxylic acids is 1. The van der Waals surface area contributed by atoms with Gasteiger partial charge in [0.1, 0.15) is 5.82 Å². The minimum atomic E-state index is 0.0757. The van der Waals surface area contributed by atoms with Crippen LogP contribution in [-0.4, -0.2) is 10.9 Å². The molecule has 2 N–H and O–H groups in total. The zero-order chi connectivity index (χ0) is 14.8. The van der Waals surface area contributed by atoms with Crippen LogP contribution in [0.25, 0.3) is 0 Å². The minimum absolute atomic E-state index is 0.0757. The minimum Gasteiger partial charge on any atom is -0.354 e. The number of halogens is 1. The Morgan fingerprint density at radius 3 is 2.62 bits per heavy atom. The first-order valence-corrected chi connectivity index (χ1v) is 7.71. The zero-order valence-corrected chi connectivity index (χ0v) is 13.3. The Balaban J connectivity index is 1.65. The lowest BCUT2D eigenvalue weighted by Gasteiger charge is -2.09. The molecule has 0 unspecified atom stereocenters. The molecule has 1 aliphatic rings. The molecule has 1 saturated carbocycles. The number of aromatic nitrogens is 1. The van der Waals surface area contributed by atoms with Gasteiger partial charge in [0.15, 0.2) is 0 Å². The summed E-state index contributed by atoms with van der Waals surface area (Å²) in [6.45, 7) is 2.05. The second-order valence-corrected chi connectivity index (χ2v) is 6.14. The third-order valence-corrected chi connectivity index (χ3v) is 4.30. The molecule has 2 aromatic rings. The molecule has 5 heteroatoms. The van der Waals surface area contributed by atoms with E-state index < -0.39 is 0 Å². The average Bonchev–Trinajstić information content (AvgIpc) is 3.30. The number of amides is 1. The van der Waals surface area contributed by atoms with Crippen LogP contribution in [0.3, 0.4) is 0 Å². The summed E-state index contributed by atoms with van der Waals surface area (Å²) in [7, 11) is 0. The van der Waals surface area contributed by atoms with E-state index in [4.69, 9.17) is 0 Å². The van der Waals surface area contributed by atoms with Gasteiger partial charge in [0.25, 0.3) is 0 Å². The van der Waals surface area contributed by atoms with Crippen LogP contribution < -0.4 is 10.6 Å². The lowest BCUT2D eigenvalue weighted by Crippen LogP contribution is -2.14. The summed E-state index contributed by atoms with van der Waals surface area (Å²) >= 11 is 3.48. The number of pyridine rings is 1. The summed E-state index contributed by atoms with van der Waals surface area (Å²) < 4.78 is 1.09. The van der Waals surface area contributed by atoms with Gasteiger partial charge in [-0.25, -0.2) is 4.98 Å². The van der Waals surface area contributed by atoms with Crippen LogP contribution in [0.1, 0.15) is 18.4 Å². The van der Waals surface area contributed by atoms with E-state index in [1.807, 2.05) is 31.2 Å². The summed E-state index contributed by atoms with van der Waals surface area (Å²) in [6, 6.07) is 9.79. The van der Waals surface area contributed by atoms with Crippen LogP contribution in [0.15, 0.2) is 41.0 Å². The maximum Gasteiger partial charge on any atom is 0.228 e. The van der Waals surface area contributed by atoms with E-state index in [0.29, 0.717) is 5.82 Å². The summed E-state index contributed by atoms with van der Waals surface area (Å²) in [6.07, 6.45) is 3.71. The number of nitrogens with zero attached hydrogens (tertiary/aromatic N) is 1. The summed E-state index contributed by atoms with van der Waals surface area (Å²) in [4.78, 5) is 15.9. The second-order valence-electron chi connectivity index (χ2n) is 5.28. The molecular formula is C16H16BrN3O. The maximum atomic E-state index is 11.6. The van der Waals surface area contributed by atoms with E-state index in [1.165, 1.54) is 5.56 Å². The summed E-state index contributed by atoms with van der Waals surface area (Å²) in [5, 5.41) is 6.12. The molecule has 3 rings (SSSR count). The van der Waals surface area contributed by atoms with E-state index >= 15 is 0 Å². The highest BCUT2D eigenvalue weighted by molar-refractivity contribution is 9.10. The van der Waals surface area contributed by atoms with Crippen LogP contribution in [0, 0.1) is 12.8 Å². The highest BCUT2D eigenvalue weighted by Crippen LogP contribution is 2.30. The Morgan fingerprint density at radius 1 is 1.24 bits per heavy atom. The highest BCUT2D eigenvalue weighted by atomic mass is 79.9. The van der Waals surface area contributed by atoms with Crippen LogP contribution in [-0.2, 0) is 4.79 Å². The van der Waals surface area contributed by atoms with E-state index in [2.05, 4.69) is 37.6 Å². The molecule has 0 saturated heterocycles. The molecule has 1 aromatic heterocycles. The van der Waals surface area contributed by atoms with E-state index in [0.717, 1.165) is 28.7 Å². The van der Waals surface area contributed by atoms with Crippen molar-refractivity contribution in [2.45, 2.75) is 19.8 Å². The number of rotatable bonds is 4. The fourth-order valence-electron chi connectivity index (χ4n) is 2.00. The van der Waals surface area contributed by atoms with Crippen molar-refractivity contribution < 1.29 is 4.79 Å². The van der Waals surface area contributed by atoms with E-state index in [-0.39, 0.29) is 11.8 Å². The Hall–Kier alpha value is -1.88. The van der Waals surface area contributed by atoms with Crippen molar-refractivity contribution in [3.05, 3.63) is 46.6 Å². The predicted molar refractivity (Wildman–Crippen MR) is 87.8 cm³/mol. The largest absolute Gasteiger partial charge is 0.354 e. The normalized spacial score (nSPS) is 13.8. The second kappa shape index (κ2) is 5.85. The smallest absolute Gasteiger partial charge is 0.228 e. The van der Waals surface area contributed by atoms with Crippen molar-refractivity contribution in [3.63, 3.8) is 0 Å². The van der Waals surface area contributed by atoms with Crippen molar-refractivity contribution in [1.82, 2.24) is 4.98 Å². The van der Waals surface area contributed by atoms with Gasteiger partial charge in [0.2, 0.25) is 5.91 Å². The van der Waals surface area contributed by atoms with Gasteiger partial charge in [0, 0.05) is 16.1 Å². The quantitative estimate of drug-likeness (QED) is 0.870. The summed E-state index contributed by atoms with van der Waals surface area (Å²) in [5.74, 6) is 0.867. The Bertz CT molecular complexity index is 666. The Morgan fingerprint density at radius 2 is 2.00 bits per heavy atom. The molecule has 0 bridgehead atoms. The summed E-state index contributed by atoms with van der Waals surface area (Å²) in [5.41, 5.74) is 3.06. The molecule has 21 heavy (non-hydrogen) atoms. The van der Waals surface area contributed by atoms with Gasteiger partial charge < -0.3 is 10.6 Å². The number of nitrogens with one attached hydrogen (secondary N) is 2. The van der Waals surface area contributed by atoms with Crippen LogP contribution in [0.2, 0.25) is 0 Å². The average molecular weight is 346 g/mol. The molecule has 1 amide bonds. The highest BCUT2D eigenvalue weighted by Gasteiger charge is 2.29. The van der Waals surface area contributed by atoms with Gasteiger partial charge in [-0.1, -0.05) is 15.9 Å². The molecule has 0 atom stereocenters. The van der Waals surface area contributed by atoms with Gasteiger partial charge in [-0.3, -0.25) is 4.79 Å². The van der Waals surface area contributed by atoms with Gasteiger partial charge in [-0.2, -0.15) is 0 Å². The monoisotopic (exact) mass is 345 g/mol. The van der Waals surface area contributed by atoms with E-state index in [1.54, 1.807) is 6.20 Å². The number of aryl methyl sites for hydroxylation is 1. The number of anilines is 3. The number of hydrogen-bond acceptors (Lipinski definition) is 3. The van der Waals surface area contributed by atoms with Crippen molar-refractivity contribution in [1.29, 1.82) is 0 Å². The fraction of sp³-hybridized carbons (Fsp3) is 0.250. The van der Waals surface area contributed by atoms with Crippen LogP contribution in [0.4, 0.5) is 17.2 Å². The van der Waals surface area contributed by atoms with E-state index in [9.17, 15) is 4.79 Å². The van der Waals surface area contributed by atoms with Gasteiger partial charge >= 0.3 is 0 Å². The third kappa shape index (κ3) is 3.61. The van der Waals surface area contributed by atoms with Gasteiger partial charge in [-0.05, 0) is 55.7 Å². The van der Waals surface area contributed by atoms with Crippen LogP contribution in [0.5, 0.6) is 0 Å². The lowest BCUT2D eigenvalue weighted by molar-refractivity contribution is -0.117. The first kappa shape index (κ1) is 14.1. The van der Waals surface area contributed by atoms with Crippen molar-refractivity contribution in [3.8, 4) is 0 Å². The first-order valence-electron chi connectivity index (χ1n) is 6.92. The van der Waals surface area contributed by atoms with Gasteiger partial charge in [-0.15, -0.1) is 0 Å². The molecule has 1 fully saturated rings. The molecule has 0 radical (unpaired) electrons. The number of benzene rings is 1. The number of hydrogen-bond donors (Lipinski definition) is 2. The molecule has 1 aromatic carbocycles. The van der Waals surface area contributed by atoms with Crippen molar-refractivity contribution in [2.24, 2.45) is 5.92 Å². The topological polar surface area (TPSA) is 54.0 Å². The molecular weight excluding hydrogens is 330 g/mol. The molecule has 0 aliphatic heterocycles. The zero-order valence-electron chi connectivity index (χ0n) is 11.7. The number of carbonyl (C=O) groups is 1.